The number of unbranched alkanes of at least 4 members (excludes halogenated alkanes) is 1. The van der Waals surface area contributed by atoms with Crippen molar-refractivity contribution < 1.29 is 9.84 Å². The van der Waals surface area contributed by atoms with Crippen molar-refractivity contribution >= 4 is 0 Å². The number of rotatable bonds is 7. The molecule has 0 aliphatic rings. The molecule has 0 aliphatic heterocycles. The number of hydrogen-bond acceptors (Lipinski definition) is 3. The van der Waals surface area contributed by atoms with Gasteiger partial charge in [-0.25, -0.2) is 0 Å². The third-order valence-electron chi connectivity index (χ3n) is 1.59. The van der Waals surface area contributed by atoms with E-state index in [0.717, 1.165) is 12.8 Å². The summed E-state index contributed by atoms with van der Waals surface area (Å²) in [6.45, 7) is 2.87. The molecule has 0 rings (SSSR count). The van der Waals surface area contributed by atoms with Gasteiger partial charge in [-0.05, 0) is 19.3 Å². The van der Waals surface area contributed by atoms with Gasteiger partial charge in [-0.3, -0.25) is 0 Å². The molecule has 0 heterocycles. The standard InChI is InChI=1S/C9H17NO2/c1-2-3-7-12-9(8-10)5-4-6-11/h9,11H,2-7H2,1H3. The molecule has 1 atom stereocenters. The van der Waals surface area contributed by atoms with Crippen LogP contribution in [0.1, 0.15) is 32.6 Å². The summed E-state index contributed by atoms with van der Waals surface area (Å²) in [7, 11) is 0. The second-order valence-corrected chi connectivity index (χ2v) is 2.71. The van der Waals surface area contributed by atoms with Crippen LogP contribution >= 0.6 is 0 Å². The molecule has 0 radical (unpaired) electrons. The highest BCUT2D eigenvalue weighted by Crippen LogP contribution is 2.02. The first-order chi connectivity index (χ1) is 5.85. The van der Waals surface area contributed by atoms with E-state index in [1.807, 2.05) is 0 Å². The zero-order chi connectivity index (χ0) is 9.23. The molecule has 0 amide bonds. The van der Waals surface area contributed by atoms with E-state index < -0.39 is 0 Å². The van der Waals surface area contributed by atoms with Gasteiger partial charge >= 0.3 is 0 Å². The van der Waals surface area contributed by atoms with Crippen LogP contribution in [-0.2, 0) is 4.74 Å². The third-order valence-corrected chi connectivity index (χ3v) is 1.59. The minimum atomic E-state index is -0.330. The van der Waals surface area contributed by atoms with Crippen molar-refractivity contribution in [2.24, 2.45) is 0 Å². The largest absolute Gasteiger partial charge is 0.396 e. The van der Waals surface area contributed by atoms with E-state index >= 15 is 0 Å². The average molecular weight is 171 g/mol. The molecule has 0 fully saturated rings. The zero-order valence-electron chi connectivity index (χ0n) is 7.62. The molecule has 70 valence electrons. The Morgan fingerprint density at radius 1 is 1.50 bits per heavy atom. The van der Waals surface area contributed by atoms with Crippen LogP contribution in [0.3, 0.4) is 0 Å². The second kappa shape index (κ2) is 8.51. The van der Waals surface area contributed by atoms with Crippen molar-refractivity contribution in [1.82, 2.24) is 0 Å². The quantitative estimate of drug-likeness (QED) is 0.590. The van der Waals surface area contributed by atoms with Crippen molar-refractivity contribution in [3.8, 4) is 6.07 Å². The van der Waals surface area contributed by atoms with Gasteiger partial charge in [0, 0.05) is 13.2 Å². The number of nitrogens with zero attached hydrogens (tertiary/aromatic N) is 1. The van der Waals surface area contributed by atoms with Crippen molar-refractivity contribution in [1.29, 1.82) is 5.26 Å². The van der Waals surface area contributed by atoms with Gasteiger partial charge in [0.15, 0.2) is 0 Å². The van der Waals surface area contributed by atoms with Gasteiger partial charge in [0.25, 0.3) is 0 Å². The van der Waals surface area contributed by atoms with Crippen LogP contribution in [0.2, 0.25) is 0 Å². The summed E-state index contributed by atoms with van der Waals surface area (Å²) >= 11 is 0. The number of ether oxygens (including phenoxy) is 1. The summed E-state index contributed by atoms with van der Waals surface area (Å²) in [5.41, 5.74) is 0. The summed E-state index contributed by atoms with van der Waals surface area (Å²) in [6.07, 6.45) is 3.03. The van der Waals surface area contributed by atoms with Gasteiger partial charge in [-0.2, -0.15) is 5.26 Å². The summed E-state index contributed by atoms with van der Waals surface area (Å²) in [6, 6.07) is 2.06. The molecule has 0 saturated carbocycles. The summed E-state index contributed by atoms with van der Waals surface area (Å²) in [5.74, 6) is 0. The van der Waals surface area contributed by atoms with Gasteiger partial charge in [0.1, 0.15) is 6.10 Å². The van der Waals surface area contributed by atoms with Gasteiger partial charge < -0.3 is 9.84 Å². The van der Waals surface area contributed by atoms with Crippen molar-refractivity contribution in [2.75, 3.05) is 13.2 Å². The number of aliphatic hydroxyl groups is 1. The predicted octanol–water partition coefficient (Wildman–Crippen LogP) is 1.47. The molecule has 3 heteroatoms. The molecule has 0 aromatic rings. The first-order valence-electron chi connectivity index (χ1n) is 4.47. The first kappa shape index (κ1) is 11.4. The maximum absolute atomic E-state index is 8.60. The molecule has 1 unspecified atom stereocenters. The van der Waals surface area contributed by atoms with Crippen LogP contribution in [-0.4, -0.2) is 24.4 Å². The molecule has 0 aromatic heterocycles. The van der Waals surface area contributed by atoms with E-state index in [1.54, 1.807) is 0 Å². The van der Waals surface area contributed by atoms with Crippen molar-refractivity contribution in [3.63, 3.8) is 0 Å². The van der Waals surface area contributed by atoms with Gasteiger partial charge in [0.05, 0.1) is 6.07 Å². The molecule has 12 heavy (non-hydrogen) atoms. The zero-order valence-corrected chi connectivity index (χ0v) is 7.62. The van der Waals surface area contributed by atoms with E-state index in [9.17, 15) is 0 Å². The molecule has 0 saturated heterocycles. The van der Waals surface area contributed by atoms with Crippen LogP contribution in [0, 0.1) is 11.3 Å². The summed E-state index contributed by atoms with van der Waals surface area (Å²) in [5, 5.41) is 17.1. The fourth-order valence-electron chi connectivity index (χ4n) is 0.832. The maximum atomic E-state index is 8.60. The van der Waals surface area contributed by atoms with E-state index in [2.05, 4.69) is 13.0 Å². The van der Waals surface area contributed by atoms with E-state index in [-0.39, 0.29) is 12.7 Å². The predicted molar refractivity (Wildman–Crippen MR) is 46.6 cm³/mol. The van der Waals surface area contributed by atoms with Gasteiger partial charge in [-0.15, -0.1) is 0 Å². The Labute approximate surface area is 74.0 Å². The van der Waals surface area contributed by atoms with Crippen molar-refractivity contribution in [2.45, 2.75) is 38.7 Å². The minimum absolute atomic E-state index is 0.134. The number of aliphatic hydroxyl groups excluding tert-OH is 1. The summed E-state index contributed by atoms with van der Waals surface area (Å²) in [4.78, 5) is 0. The molecule has 0 spiro atoms. The highest BCUT2D eigenvalue weighted by molar-refractivity contribution is 4.83. The Kier molecular flexibility index (Phi) is 8.09. The molecule has 0 bridgehead atoms. The highest BCUT2D eigenvalue weighted by atomic mass is 16.5. The molecule has 0 aromatic carbocycles. The SMILES string of the molecule is CCCCOC(C#N)CCCO. The van der Waals surface area contributed by atoms with Crippen LogP contribution in [0.25, 0.3) is 0 Å². The number of nitriles is 1. The molecule has 0 aliphatic carbocycles. The number of hydrogen-bond donors (Lipinski definition) is 1. The smallest absolute Gasteiger partial charge is 0.144 e. The normalized spacial score (nSPS) is 12.4. The van der Waals surface area contributed by atoms with Gasteiger partial charge in [0.2, 0.25) is 0 Å². The Morgan fingerprint density at radius 3 is 2.75 bits per heavy atom. The van der Waals surface area contributed by atoms with E-state index in [0.29, 0.717) is 19.4 Å². The Balaban J connectivity index is 3.35. The maximum Gasteiger partial charge on any atom is 0.144 e. The third kappa shape index (κ3) is 6.14. The Hall–Kier alpha value is -0.590. The Bertz CT molecular complexity index is 131. The highest BCUT2D eigenvalue weighted by Gasteiger charge is 2.05. The molecule has 1 N–H and O–H groups in total. The topological polar surface area (TPSA) is 53.2 Å². The van der Waals surface area contributed by atoms with Crippen LogP contribution in [0.15, 0.2) is 0 Å². The van der Waals surface area contributed by atoms with E-state index in [1.165, 1.54) is 0 Å². The lowest BCUT2D eigenvalue weighted by Gasteiger charge is -2.08. The fourth-order valence-corrected chi connectivity index (χ4v) is 0.832. The molecular weight excluding hydrogens is 154 g/mol. The van der Waals surface area contributed by atoms with Crippen LogP contribution in [0.5, 0.6) is 0 Å². The first-order valence-corrected chi connectivity index (χ1v) is 4.47. The van der Waals surface area contributed by atoms with Gasteiger partial charge in [-0.1, -0.05) is 13.3 Å². The van der Waals surface area contributed by atoms with Crippen LogP contribution in [0.4, 0.5) is 0 Å². The molecular formula is C9H17NO2. The fraction of sp³-hybridized carbons (Fsp3) is 0.889. The van der Waals surface area contributed by atoms with E-state index in [4.69, 9.17) is 15.1 Å². The van der Waals surface area contributed by atoms with Crippen molar-refractivity contribution in [3.05, 3.63) is 0 Å². The lowest BCUT2D eigenvalue weighted by molar-refractivity contribution is 0.0768. The lowest BCUT2D eigenvalue weighted by atomic mass is 10.2. The lowest BCUT2D eigenvalue weighted by Crippen LogP contribution is -2.11. The minimum Gasteiger partial charge on any atom is -0.396 e. The van der Waals surface area contributed by atoms with Crippen LogP contribution < -0.4 is 0 Å². The second-order valence-electron chi connectivity index (χ2n) is 2.71. The monoisotopic (exact) mass is 171 g/mol. The summed E-state index contributed by atoms with van der Waals surface area (Å²) < 4.78 is 5.26. The Morgan fingerprint density at radius 2 is 2.25 bits per heavy atom. The average Bonchev–Trinajstić information content (AvgIpc) is 2.11. The molecule has 3 nitrogen and oxygen atoms in total.